The van der Waals surface area contributed by atoms with Gasteiger partial charge < -0.3 is 0 Å². The van der Waals surface area contributed by atoms with E-state index in [1.54, 1.807) is 0 Å². The van der Waals surface area contributed by atoms with Crippen molar-refractivity contribution in [1.82, 2.24) is 0 Å². The molecule has 0 N–H and O–H groups in total. The quantitative estimate of drug-likeness (QED) is 0.561. The normalized spacial score (nSPS) is 1.50. The average Bonchev–Trinajstić information content (AvgIpc) is 1.00. The van der Waals surface area contributed by atoms with Gasteiger partial charge in [0.2, 0.25) is 0 Å². The van der Waals surface area contributed by atoms with Crippen LogP contribution in [-0.2, 0) is 0 Å². The maximum atomic E-state index is 9.31. The van der Waals surface area contributed by atoms with Gasteiger partial charge in [-0.15, -0.1) is 0 Å². The van der Waals surface area contributed by atoms with E-state index >= 15 is 0 Å². The van der Waals surface area contributed by atoms with Crippen molar-refractivity contribution in [3.63, 3.8) is 0 Å². The third-order valence-corrected chi connectivity index (χ3v) is 0. The molecule has 0 aliphatic carbocycles. The monoisotopic (exact) mass is 277 g/mol. The Morgan fingerprint density at radius 2 is 1.25 bits per heavy atom. The van der Waals surface area contributed by atoms with Crippen LogP contribution in [-0.4, -0.2) is 23.1 Å². The molecule has 0 aromatic rings. The fourth-order valence-electron chi connectivity index (χ4n) is 0. The van der Waals surface area contributed by atoms with E-state index in [0.29, 0.717) is 0 Å². The Labute approximate surface area is 90.2 Å². The van der Waals surface area contributed by atoms with Crippen LogP contribution in [0.4, 0.5) is 3.56 Å². The van der Waals surface area contributed by atoms with E-state index in [2.05, 4.69) is 0 Å². The number of rotatable bonds is 0. The first-order valence-corrected chi connectivity index (χ1v) is 0.742. The van der Waals surface area contributed by atoms with Gasteiger partial charge in [-0.25, -0.2) is 0 Å². The predicted molar refractivity (Wildman–Crippen MR) is 18.6 cm³/mol. The minimum absolute atomic E-state index is 0. The SMILES string of the molecule is FBr.[Eu].[MgH2]. The minimum atomic E-state index is 0. The molecule has 0 heterocycles. The van der Waals surface area contributed by atoms with Crippen molar-refractivity contribution in [3.8, 4) is 0 Å². The van der Waals surface area contributed by atoms with Crippen LogP contribution < -0.4 is 0 Å². The number of halogens is 2. The average molecular weight is 277 g/mol. The maximum Gasteiger partial charge on any atom is 0.316 e. The third-order valence-electron chi connectivity index (χ3n) is 0. The van der Waals surface area contributed by atoms with Crippen LogP contribution >= 0.6 is 16.4 Å². The molecule has 4 heavy (non-hydrogen) atoms. The Morgan fingerprint density at radius 1 is 1.25 bits per heavy atom. The summed E-state index contributed by atoms with van der Waals surface area (Å²) in [5.74, 6) is 0. The second kappa shape index (κ2) is 17.1. The van der Waals surface area contributed by atoms with Crippen molar-refractivity contribution in [2.24, 2.45) is 0 Å². The summed E-state index contributed by atoms with van der Waals surface area (Å²) >= 11 is 1.44. The van der Waals surface area contributed by atoms with Crippen LogP contribution in [0.15, 0.2) is 0 Å². The number of hydrogen-bond acceptors (Lipinski definition) is 0. The molecule has 25 valence electrons. The zero-order valence-corrected chi connectivity index (χ0v) is 5.14. The Morgan fingerprint density at radius 3 is 1.25 bits per heavy atom. The van der Waals surface area contributed by atoms with Gasteiger partial charge in [-0.3, -0.25) is 0 Å². The molecule has 1 radical (unpaired) electrons. The topological polar surface area (TPSA) is 0 Å². The van der Waals surface area contributed by atoms with Crippen LogP contribution in [0, 0.1) is 49.4 Å². The van der Waals surface area contributed by atoms with E-state index in [0.717, 1.165) is 0 Å². The van der Waals surface area contributed by atoms with Crippen LogP contribution in [0.1, 0.15) is 0 Å². The van der Waals surface area contributed by atoms with Gasteiger partial charge in [-0.1, -0.05) is 0 Å². The summed E-state index contributed by atoms with van der Waals surface area (Å²) < 4.78 is 9.31. The number of hydrogen-bond donors (Lipinski definition) is 0. The Balaban J connectivity index is -0.00000000500. The summed E-state index contributed by atoms with van der Waals surface area (Å²) in [7, 11) is 0. The molecule has 0 aliphatic rings. The smallest absolute Gasteiger partial charge is 0.158 e. The van der Waals surface area contributed by atoms with Crippen LogP contribution in [0.25, 0.3) is 0 Å². The molecular formula is H2BrEuFMg. The van der Waals surface area contributed by atoms with Crippen LogP contribution in [0.2, 0.25) is 0 Å². The zero-order valence-electron chi connectivity index (χ0n) is 1.13. The van der Waals surface area contributed by atoms with Crippen LogP contribution in [0.3, 0.4) is 0 Å². The van der Waals surface area contributed by atoms with Gasteiger partial charge in [0.05, 0.1) is 0 Å². The zero-order chi connectivity index (χ0) is 2.00. The standard InChI is InChI=1S/BrF.Eu.Mg.2H/c1-2;;;;. The molecule has 0 nitrogen and oxygen atoms in total. The molecule has 0 aromatic carbocycles. The molecule has 0 unspecified atom stereocenters. The summed E-state index contributed by atoms with van der Waals surface area (Å²) in [6.07, 6.45) is 0. The molecule has 4 heteroatoms. The third kappa shape index (κ3) is 8.83. The van der Waals surface area contributed by atoms with Crippen molar-refractivity contribution >= 4 is 39.4 Å². The van der Waals surface area contributed by atoms with E-state index < -0.39 is 0 Å². The minimum Gasteiger partial charge on any atom is -0.158 e. The molecule has 0 rings (SSSR count). The molecular weight excluding hydrogens is 275 g/mol. The fourth-order valence-corrected chi connectivity index (χ4v) is 0. The Hall–Kier alpha value is 2.76. The van der Waals surface area contributed by atoms with Crippen molar-refractivity contribution in [2.75, 3.05) is 0 Å². The van der Waals surface area contributed by atoms with E-state index in [9.17, 15) is 3.56 Å². The summed E-state index contributed by atoms with van der Waals surface area (Å²) in [4.78, 5) is 0. The predicted octanol–water partition coefficient (Wildman–Crippen LogP) is 0.350. The second-order valence-electron chi connectivity index (χ2n) is 0. The van der Waals surface area contributed by atoms with Gasteiger partial charge in [0.1, 0.15) is 0 Å². The molecule has 0 aliphatic heterocycles. The molecule has 0 aromatic heterocycles. The van der Waals surface area contributed by atoms with Crippen molar-refractivity contribution < 1.29 is 52.9 Å². The van der Waals surface area contributed by atoms with Gasteiger partial charge in [-0.05, 0) is 0 Å². The van der Waals surface area contributed by atoms with Gasteiger partial charge in [0.25, 0.3) is 0 Å². The van der Waals surface area contributed by atoms with Crippen molar-refractivity contribution in [2.45, 2.75) is 0 Å². The summed E-state index contributed by atoms with van der Waals surface area (Å²) in [5.41, 5.74) is 0. The molecule has 0 saturated heterocycles. The van der Waals surface area contributed by atoms with E-state index in [4.69, 9.17) is 0 Å². The van der Waals surface area contributed by atoms with E-state index in [-0.39, 0.29) is 72.4 Å². The van der Waals surface area contributed by atoms with E-state index in [1.807, 2.05) is 0 Å². The van der Waals surface area contributed by atoms with Crippen molar-refractivity contribution in [1.29, 1.82) is 0 Å². The van der Waals surface area contributed by atoms with Crippen LogP contribution in [0.5, 0.6) is 0 Å². The first-order chi connectivity index (χ1) is 1.00. The summed E-state index contributed by atoms with van der Waals surface area (Å²) in [6.45, 7) is 0. The largest absolute Gasteiger partial charge is 0.316 e. The van der Waals surface area contributed by atoms with Gasteiger partial charge >= 0.3 is 23.1 Å². The fraction of sp³-hybridized carbons (Fsp3) is 0. The van der Waals surface area contributed by atoms with Crippen molar-refractivity contribution in [3.05, 3.63) is 0 Å². The van der Waals surface area contributed by atoms with E-state index in [1.165, 1.54) is 16.4 Å². The van der Waals surface area contributed by atoms with Gasteiger partial charge in [0, 0.05) is 49.4 Å². The summed E-state index contributed by atoms with van der Waals surface area (Å²) in [5, 5.41) is 0. The first-order valence-electron chi connectivity index (χ1n) is 0.143. The summed E-state index contributed by atoms with van der Waals surface area (Å²) in [6, 6.07) is 0. The Kier molecular flexibility index (Phi) is 67.9. The first kappa shape index (κ1) is 15.9. The molecule has 0 fully saturated rings. The molecule has 0 amide bonds. The second-order valence-corrected chi connectivity index (χ2v) is 0. The molecule has 0 bridgehead atoms. The molecule has 0 atom stereocenters. The molecule has 0 spiro atoms. The maximum absolute atomic E-state index is 9.31. The van der Waals surface area contributed by atoms with Gasteiger partial charge in [0.15, 0.2) is 16.4 Å². The Bertz CT molecular complexity index is 8.00. The van der Waals surface area contributed by atoms with Gasteiger partial charge in [-0.2, -0.15) is 3.56 Å². The molecule has 0 saturated carbocycles.